The van der Waals surface area contributed by atoms with E-state index in [4.69, 9.17) is 4.74 Å². The number of halogens is 1. The molecule has 3 aromatic rings. The zero-order valence-corrected chi connectivity index (χ0v) is 19.5. The number of fused-ring (bicyclic) bond motifs is 1. The van der Waals surface area contributed by atoms with Crippen molar-refractivity contribution in [1.29, 1.82) is 0 Å². The Morgan fingerprint density at radius 3 is 2.57 bits per heavy atom. The molecular weight excluding hydrogens is 455 g/mol. The molecule has 184 valence electrons. The summed E-state index contributed by atoms with van der Waals surface area (Å²) in [5, 5.41) is 16.2. The van der Waals surface area contributed by atoms with E-state index in [1.807, 2.05) is 0 Å². The minimum absolute atomic E-state index is 0.00585. The monoisotopic (exact) mass is 482 g/mol. The maximum atomic E-state index is 14.1. The molecule has 2 aromatic carbocycles. The quantitative estimate of drug-likeness (QED) is 0.397. The highest BCUT2D eigenvalue weighted by Gasteiger charge is 2.23. The average molecular weight is 483 g/mol. The molecule has 10 heteroatoms. The van der Waals surface area contributed by atoms with Crippen LogP contribution in [0.5, 0.6) is 5.75 Å². The van der Waals surface area contributed by atoms with E-state index >= 15 is 0 Å². The van der Waals surface area contributed by atoms with Crippen molar-refractivity contribution < 1.29 is 23.8 Å². The highest BCUT2D eigenvalue weighted by molar-refractivity contribution is 6.10. The zero-order chi connectivity index (χ0) is 25.1. The maximum absolute atomic E-state index is 14.1. The third-order valence-electron chi connectivity index (χ3n) is 6.17. The number of hydrogen-bond donors (Lipinski definition) is 4. The number of likely N-dealkylation sites (tertiary alicyclic amines) is 1. The fraction of sp³-hybridized carbons (Fsp3) is 0.320. The van der Waals surface area contributed by atoms with Gasteiger partial charge in [-0.25, -0.2) is 9.18 Å². The number of aromatic amines is 1. The number of amides is 1. The van der Waals surface area contributed by atoms with Gasteiger partial charge in [0.15, 0.2) is 0 Å². The van der Waals surface area contributed by atoms with Gasteiger partial charge in [-0.1, -0.05) is 6.42 Å². The van der Waals surface area contributed by atoms with E-state index < -0.39 is 34.6 Å². The molecule has 1 aromatic heterocycles. The van der Waals surface area contributed by atoms with Crippen LogP contribution in [0.15, 0.2) is 35.1 Å². The second kappa shape index (κ2) is 10.1. The third kappa shape index (κ3) is 4.97. The maximum Gasteiger partial charge on any atom is 0.337 e. The largest absolute Gasteiger partial charge is 0.506 e. The summed E-state index contributed by atoms with van der Waals surface area (Å²) < 4.78 is 18.9. The summed E-state index contributed by atoms with van der Waals surface area (Å²) in [5.74, 6) is -2.63. The van der Waals surface area contributed by atoms with Crippen LogP contribution in [0, 0.1) is 5.82 Å². The van der Waals surface area contributed by atoms with E-state index in [1.165, 1.54) is 19.2 Å². The first-order valence-corrected chi connectivity index (χ1v) is 11.3. The van der Waals surface area contributed by atoms with Gasteiger partial charge in [-0.2, -0.15) is 0 Å². The predicted molar refractivity (Wildman–Crippen MR) is 131 cm³/mol. The number of hydrogen-bond acceptors (Lipinski definition) is 7. The Hall–Kier alpha value is -3.92. The average Bonchev–Trinajstić information content (AvgIpc) is 2.85. The van der Waals surface area contributed by atoms with Crippen molar-refractivity contribution >= 4 is 34.2 Å². The second-order valence-electron chi connectivity index (χ2n) is 8.46. The number of methoxy groups -OCH3 is 1. The topological polar surface area (TPSA) is 124 Å². The normalized spacial score (nSPS) is 14.0. The van der Waals surface area contributed by atoms with Crippen LogP contribution in [-0.2, 0) is 11.3 Å². The van der Waals surface area contributed by atoms with Crippen molar-refractivity contribution in [2.45, 2.75) is 25.8 Å². The molecule has 0 unspecified atom stereocenters. The molecule has 0 radical (unpaired) electrons. The van der Waals surface area contributed by atoms with E-state index in [9.17, 15) is 23.9 Å². The summed E-state index contributed by atoms with van der Waals surface area (Å²) in [6.07, 6.45) is 3.27. The Morgan fingerprint density at radius 1 is 1.14 bits per heavy atom. The first kappa shape index (κ1) is 24.2. The highest BCUT2D eigenvalue weighted by atomic mass is 19.1. The van der Waals surface area contributed by atoms with E-state index in [1.54, 1.807) is 19.2 Å². The number of esters is 1. The van der Waals surface area contributed by atoms with E-state index in [0.717, 1.165) is 38.4 Å². The van der Waals surface area contributed by atoms with Gasteiger partial charge < -0.3 is 25.5 Å². The van der Waals surface area contributed by atoms with Gasteiger partial charge >= 0.3 is 5.97 Å². The number of aromatic nitrogens is 1. The number of pyridine rings is 1. The number of piperidine rings is 1. The van der Waals surface area contributed by atoms with Gasteiger partial charge in [0.25, 0.3) is 11.5 Å². The first-order valence-electron chi connectivity index (χ1n) is 11.3. The molecule has 0 aliphatic carbocycles. The van der Waals surface area contributed by atoms with Crippen LogP contribution < -0.4 is 16.2 Å². The number of nitrogens with one attached hydrogen (secondary N) is 3. The highest BCUT2D eigenvalue weighted by Crippen LogP contribution is 2.31. The lowest BCUT2D eigenvalue weighted by molar-refractivity contribution is 0.0600. The molecule has 4 rings (SSSR count). The summed E-state index contributed by atoms with van der Waals surface area (Å²) in [6, 6.07) is 6.95. The van der Waals surface area contributed by atoms with Gasteiger partial charge in [-0.05, 0) is 61.8 Å². The molecule has 1 fully saturated rings. The Kier molecular flexibility index (Phi) is 7.02. The molecule has 1 amide bonds. The van der Waals surface area contributed by atoms with Gasteiger partial charge in [0.2, 0.25) is 0 Å². The Balaban J connectivity index is 1.72. The summed E-state index contributed by atoms with van der Waals surface area (Å²) in [5.41, 5.74) is 0.484. The van der Waals surface area contributed by atoms with Gasteiger partial charge in [-0.15, -0.1) is 0 Å². The fourth-order valence-corrected chi connectivity index (χ4v) is 4.39. The lowest BCUT2D eigenvalue weighted by atomic mass is 10.0. The Labute approximate surface area is 200 Å². The number of nitrogens with zero attached hydrogens (tertiary/aromatic N) is 1. The number of rotatable bonds is 6. The van der Waals surface area contributed by atoms with Gasteiger partial charge in [0, 0.05) is 24.7 Å². The van der Waals surface area contributed by atoms with Crippen LogP contribution in [0.3, 0.4) is 0 Å². The van der Waals surface area contributed by atoms with Crippen molar-refractivity contribution in [2.75, 3.05) is 37.9 Å². The van der Waals surface area contributed by atoms with Gasteiger partial charge in [-0.3, -0.25) is 14.5 Å². The predicted octanol–water partition coefficient (Wildman–Crippen LogP) is 3.44. The Morgan fingerprint density at radius 2 is 1.89 bits per heavy atom. The lowest BCUT2D eigenvalue weighted by Gasteiger charge is -2.27. The Bertz CT molecular complexity index is 1350. The molecule has 1 saturated heterocycles. The summed E-state index contributed by atoms with van der Waals surface area (Å²) in [7, 11) is 2.84. The minimum Gasteiger partial charge on any atom is -0.506 e. The van der Waals surface area contributed by atoms with Crippen LogP contribution in [0.4, 0.5) is 15.8 Å². The number of benzene rings is 2. The molecule has 9 nitrogen and oxygen atoms in total. The summed E-state index contributed by atoms with van der Waals surface area (Å²) in [6.45, 7) is 2.26. The molecule has 0 atom stereocenters. The van der Waals surface area contributed by atoms with E-state index in [-0.39, 0.29) is 16.6 Å². The molecule has 4 N–H and O–H groups in total. The zero-order valence-electron chi connectivity index (χ0n) is 19.5. The van der Waals surface area contributed by atoms with Crippen molar-refractivity contribution in [3.05, 3.63) is 63.2 Å². The lowest BCUT2D eigenvalue weighted by Crippen LogP contribution is -2.30. The van der Waals surface area contributed by atoms with Gasteiger partial charge in [0.05, 0.1) is 23.9 Å². The third-order valence-corrected chi connectivity index (χ3v) is 6.17. The van der Waals surface area contributed by atoms with E-state index in [0.29, 0.717) is 23.4 Å². The molecule has 0 bridgehead atoms. The first-order chi connectivity index (χ1) is 16.8. The second-order valence-corrected chi connectivity index (χ2v) is 8.46. The number of carbonyl (C=O) groups excluding carboxylic acids is 2. The molecule has 1 aliphatic heterocycles. The molecule has 2 heterocycles. The van der Waals surface area contributed by atoms with Crippen LogP contribution in [-0.4, -0.2) is 54.1 Å². The van der Waals surface area contributed by atoms with Crippen molar-refractivity contribution in [1.82, 2.24) is 9.88 Å². The number of ether oxygens (including phenoxy) is 1. The van der Waals surface area contributed by atoms with Crippen LogP contribution in [0.1, 0.15) is 45.5 Å². The van der Waals surface area contributed by atoms with Crippen LogP contribution in [0.25, 0.3) is 10.9 Å². The van der Waals surface area contributed by atoms with Crippen molar-refractivity contribution in [3.63, 3.8) is 0 Å². The van der Waals surface area contributed by atoms with Crippen LogP contribution >= 0.6 is 0 Å². The molecule has 35 heavy (non-hydrogen) atoms. The fourth-order valence-electron chi connectivity index (χ4n) is 4.39. The molecule has 0 saturated carbocycles. The molecular formula is C25H27FN4O5. The summed E-state index contributed by atoms with van der Waals surface area (Å²) in [4.78, 5) is 42.7. The van der Waals surface area contributed by atoms with Gasteiger partial charge in [0.1, 0.15) is 17.1 Å². The van der Waals surface area contributed by atoms with Crippen LogP contribution in [0.2, 0.25) is 0 Å². The number of aromatic hydroxyl groups is 1. The SMILES string of the molecule is CNc1cc(F)cc2c(O)c(C(=O)Nc3ccc(C(=O)OC)cc3CN3CCCCC3)c(=O)[nH]c12. The number of anilines is 2. The minimum atomic E-state index is -0.855. The standard InChI is InChI=1S/C25H27FN4O5/c1-27-19-12-16(26)11-17-21(19)29-24(33)20(22(17)31)23(32)28-18-7-6-14(25(34)35-2)10-15(18)13-30-8-4-3-5-9-30/h6-7,10-12,27H,3-5,8-9,13H2,1-2H3,(H,28,32)(H2,29,31,33). The smallest absolute Gasteiger partial charge is 0.337 e. The molecule has 0 spiro atoms. The van der Waals surface area contributed by atoms with Crippen molar-refractivity contribution in [2.24, 2.45) is 0 Å². The van der Waals surface area contributed by atoms with E-state index in [2.05, 4.69) is 20.5 Å². The summed E-state index contributed by atoms with van der Waals surface area (Å²) >= 11 is 0. The number of H-pyrrole nitrogens is 1. The van der Waals surface area contributed by atoms with Crippen molar-refractivity contribution in [3.8, 4) is 5.75 Å². The molecule has 1 aliphatic rings. The number of carbonyl (C=O) groups is 2.